The molecule has 1 aromatic heterocycles. The smallest absolute Gasteiger partial charge is 0.326 e. The molecule has 8 nitrogen and oxygen atoms in total. The third-order valence-electron chi connectivity index (χ3n) is 2.00. The zero-order chi connectivity index (χ0) is 13.5. The number of nitrogens with one attached hydrogen (secondary N) is 2. The van der Waals surface area contributed by atoms with E-state index in [1.165, 1.54) is 12.5 Å². The summed E-state index contributed by atoms with van der Waals surface area (Å²) in [5, 5.41) is 16.3. The molecule has 0 fully saturated rings. The molecular weight excluding hydrogens is 242 g/mol. The topological polar surface area (TPSA) is 122 Å². The van der Waals surface area contributed by atoms with Crippen LogP contribution in [0.25, 0.3) is 0 Å². The van der Waals surface area contributed by atoms with E-state index in [0.717, 1.165) is 0 Å². The number of carboxylic acids is 1. The van der Waals surface area contributed by atoms with E-state index < -0.39 is 17.9 Å². The van der Waals surface area contributed by atoms with E-state index in [0.29, 0.717) is 5.69 Å². The highest BCUT2D eigenvalue weighted by Crippen LogP contribution is 2.07. The molecule has 0 saturated carbocycles. The van der Waals surface area contributed by atoms with E-state index in [-0.39, 0.29) is 18.8 Å². The van der Waals surface area contributed by atoms with Crippen molar-refractivity contribution >= 4 is 23.6 Å². The highest BCUT2D eigenvalue weighted by molar-refractivity contribution is 6.01. The fourth-order valence-electron chi connectivity index (χ4n) is 1.29. The van der Waals surface area contributed by atoms with Crippen molar-refractivity contribution in [3.05, 3.63) is 12.5 Å². The minimum absolute atomic E-state index is 0.0383. The van der Waals surface area contributed by atoms with Crippen LogP contribution in [0.15, 0.2) is 17.0 Å². The Kier molecular flexibility index (Phi) is 4.85. The number of carboxylic acid groups (broad SMARTS) is 1. The summed E-state index contributed by atoms with van der Waals surface area (Å²) in [6.45, 7) is 1.62. The maximum atomic E-state index is 11.4. The van der Waals surface area contributed by atoms with Crippen LogP contribution in [-0.2, 0) is 9.59 Å². The molecule has 0 bridgehead atoms. The van der Waals surface area contributed by atoms with Crippen molar-refractivity contribution in [1.82, 2.24) is 10.5 Å². The molecule has 0 aliphatic heterocycles. The van der Waals surface area contributed by atoms with Gasteiger partial charge in [-0.15, -0.1) is 0 Å². The Bertz CT molecular complexity index is 429. The summed E-state index contributed by atoms with van der Waals surface area (Å²) in [4.78, 5) is 33.1. The Balaban J connectivity index is 2.31. The van der Waals surface area contributed by atoms with Crippen LogP contribution in [0, 0.1) is 5.92 Å². The largest absolute Gasteiger partial charge is 0.481 e. The molecule has 18 heavy (non-hydrogen) atoms. The number of amides is 3. The van der Waals surface area contributed by atoms with Gasteiger partial charge < -0.3 is 14.9 Å². The Morgan fingerprint density at radius 2 is 2.17 bits per heavy atom. The van der Waals surface area contributed by atoms with Gasteiger partial charge in [0.1, 0.15) is 12.0 Å². The normalized spacial score (nSPS) is 11.6. The van der Waals surface area contributed by atoms with Crippen molar-refractivity contribution in [2.45, 2.75) is 19.8 Å². The monoisotopic (exact) mass is 255 g/mol. The van der Waals surface area contributed by atoms with E-state index in [1.54, 1.807) is 6.92 Å². The van der Waals surface area contributed by atoms with Gasteiger partial charge in [-0.25, -0.2) is 4.79 Å². The molecule has 3 N–H and O–H groups in total. The first-order valence-electron chi connectivity index (χ1n) is 5.19. The number of rotatable bonds is 5. The molecule has 0 spiro atoms. The SMILES string of the molecule is CC(CC(=O)O)CC(=O)NC(=O)Nc1cnoc1. The number of aliphatic carboxylic acids is 1. The molecule has 1 aromatic rings. The first kappa shape index (κ1) is 13.7. The molecule has 0 aliphatic rings. The van der Waals surface area contributed by atoms with Crippen LogP contribution in [0.3, 0.4) is 0 Å². The molecular formula is C10H13N3O5. The van der Waals surface area contributed by atoms with Crippen LogP contribution in [-0.4, -0.2) is 28.2 Å². The lowest BCUT2D eigenvalue weighted by Gasteiger charge is -2.08. The van der Waals surface area contributed by atoms with Gasteiger partial charge in [-0.05, 0) is 5.92 Å². The van der Waals surface area contributed by atoms with Crippen molar-refractivity contribution in [2.24, 2.45) is 5.92 Å². The zero-order valence-corrected chi connectivity index (χ0v) is 9.67. The molecule has 0 radical (unpaired) electrons. The number of imide groups is 1. The quantitative estimate of drug-likeness (QED) is 0.716. The maximum absolute atomic E-state index is 11.4. The van der Waals surface area contributed by atoms with Crippen LogP contribution >= 0.6 is 0 Å². The summed E-state index contributed by atoms with van der Waals surface area (Å²) in [5.41, 5.74) is 0.318. The zero-order valence-electron chi connectivity index (χ0n) is 9.67. The number of hydrogen-bond acceptors (Lipinski definition) is 5. The van der Waals surface area contributed by atoms with Gasteiger partial charge >= 0.3 is 12.0 Å². The molecule has 8 heteroatoms. The lowest BCUT2D eigenvalue weighted by atomic mass is 10.0. The van der Waals surface area contributed by atoms with E-state index in [9.17, 15) is 14.4 Å². The van der Waals surface area contributed by atoms with Crippen LogP contribution in [0.4, 0.5) is 10.5 Å². The summed E-state index contributed by atoms with van der Waals surface area (Å²) >= 11 is 0. The van der Waals surface area contributed by atoms with E-state index in [4.69, 9.17) is 5.11 Å². The number of aromatic nitrogens is 1. The summed E-state index contributed by atoms with van der Waals surface area (Å²) in [5.74, 6) is -1.87. The minimum Gasteiger partial charge on any atom is -0.481 e. The van der Waals surface area contributed by atoms with E-state index in [2.05, 4.69) is 20.3 Å². The number of carbonyl (C=O) groups is 3. The second kappa shape index (κ2) is 6.38. The summed E-state index contributed by atoms with van der Waals surface area (Å²) in [6.07, 6.45) is 2.32. The molecule has 98 valence electrons. The number of nitrogens with zero attached hydrogens (tertiary/aromatic N) is 1. The molecule has 1 unspecified atom stereocenters. The van der Waals surface area contributed by atoms with Gasteiger partial charge in [0.25, 0.3) is 0 Å². The Morgan fingerprint density at radius 3 is 2.72 bits per heavy atom. The van der Waals surface area contributed by atoms with Crippen LogP contribution in [0.1, 0.15) is 19.8 Å². The van der Waals surface area contributed by atoms with Crippen LogP contribution in [0.5, 0.6) is 0 Å². The Hall–Kier alpha value is -2.38. The maximum Gasteiger partial charge on any atom is 0.326 e. The fraction of sp³-hybridized carbons (Fsp3) is 0.400. The Labute approximate surface area is 102 Å². The first-order chi connectivity index (χ1) is 8.47. The second-order valence-electron chi connectivity index (χ2n) is 3.82. The number of hydrogen-bond donors (Lipinski definition) is 3. The predicted molar refractivity (Wildman–Crippen MR) is 59.7 cm³/mol. The average Bonchev–Trinajstić information content (AvgIpc) is 2.67. The number of carbonyl (C=O) groups excluding carboxylic acids is 2. The first-order valence-corrected chi connectivity index (χ1v) is 5.19. The molecule has 1 atom stereocenters. The summed E-state index contributed by atoms with van der Waals surface area (Å²) < 4.78 is 4.49. The van der Waals surface area contributed by atoms with Gasteiger partial charge in [0.05, 0.1) is 6.20 Å². The van der Waals surface area contributed by atoms with E-state index >= 15 is 0 Å². The van der Waals surface area contributed by atoms with Gasteiger partial charge in [0.2, 0.25) is 5.91 Å². The van der Waals surface area contributed by atoms with Crippen molar-refractivity contribution in [3.63, 3.8) is 0 Å². The van der Waals surface area contributed by atoms with Crippen LogP contribution in [0.2, 0.25) is 0 Å². The van der Waals surface area contributed by atoms with E-state index in [1.807, 2.05) is 0 Å². The second-order valence-corrected chi connectivity index (χ2v) is 3.82. The lowest BCUT2D eigenvalue weighted by molar-refractivity contribution is -0.138. The third-order valence-corrected chi connectivity index (χ3v) is 2.00. The van der Waals surface area contributed by atoms with Gasteiger partial charge in [-0.3, -0.25) is 14.9 Å². The van der Waals surface area contributed by atoms with Crippen molar-refractivity contribution < 1.29 is 24.0 Å². The van der Waals surface area contributed by atoms with Crippen molar-refractivity contribution in [2.75, 3.05) is 5.32 Å². The molecule has 1 rings (SSSR count). The van der Waals surface area contributed by atoms with Crippen molar-refractivity contribution in [3.8, 4) is 0 Å². The highest BCUT2D eigenvalue weighted by atomic mass is 16.5. The third kappa shape index (κ3) is 5.10. The standard InChI is InChI=1S/C10H13N3O5/c1-6(3-9(15)16)2-8(14)13-10(17)12-7-4-11-18-5-7/h4-6H,2-3H2,1H3,(H,15,16)(H2,12,13,14,17). The molecule has 3 amide bonds. The summed E-state index contributed by atoms with van der Waals surface area (Å²) in [7, 11) is 0. The van der Waals surface area contributed by atoms with Gasteiger partial charge in [0, 0.05) is 12.8 Å². The van der Waals surface area contributed by atoms with Crippen LogP contribution < -0.4 is 10.6 Å². The predicted octanol–water partition coefficient (Wildman–Crippen LogP) is 0.824. The highest BCUT2D eigenvalue weighted by Gasteiger charge is 2.14. The molecule has 0 aliphatic carbocycles. The van der Waals surface area contributed by atoms with Crippen molar-refractivity contribution in [1.29, 1.82) is 0 Å². The van der Waals surface area contributed by atoms with Gasteiger partial charge in [0.15, 0.2) is 0 Å². The minimum atomic E-state index is -0.982. The lowest BCUT2D eigenvalue weighted by Crippen LogP contribution is -2.35. The van der Waals surface area contributed by atoms with Gasteiger partial charge in [-0.1, -0.05) is 12.1 Å². The fourth-order valence-corrected chi connectivity index (χ4v) is 1.29. The number of anilines is 1. The summed E-state index contributed by atoms with van der Waals surface area (Å²) in [6, 6.07) is -0.717. The Morgan fingerprint density at radius 1 is 1.44 bits per heavy atom. The molecule has 0 aromatic carbocycles. The van der Waals surface area contributed by atoms with Gasteiger partial charge in [-0.2, -0.15) is 0 Å². The molecule has 0 saturated heterocycles. The number of urea groups is 1. The average molecular weight is 255 g/mol. The molecule has 1 heterocycles.